The molecule has 0 saturated carbocycles. The summed E-state index contributed by atoms with van der Waals surface area (Å²) in [4.78, 5) is 0. The van der Waals surface area contributed by atoms with Crippen molar-refractivity contribution in [2.24, 2.45) is 0 Å². The first-order valence-electron chi connectivity index (χ1n) is 8.30. The van der Waals surface area contributed by atoms with E-state index in [4.69, 9.17) is 9.47 Å². The molecule has 0 unspecified atom stereocenters. The summed E-state index contributed by atoms with van der Waals surface area (Å²) in [5.41, 5.74) is 5.68. The van der Waals surface area contributed by atoms with E-state index >= 15 is 0 Å². The Morgan fingerprint density at radius 3 is 2.19 bits per heavy atom. The van der Waals surface area contributed by atoms with Crippen molar-refractivity contribution >= 4 is 8.07 Å². The molecule has 0 amide bonds. The first-order chi connectivity index (χ1) is 9.84. The zero-order valence-electron chi connectivity index (χ0n) is 14.8. The number of hydrogen-bond donors (Lipinski definition) is 0. The van der Waals surface area contributed by atoms with Gasteiger partial charge in [0.2, 0.25) is 0 Å². The minimum Gasteiger partial charge on any atom is -0.353 e. The second kappa shape index (κ2) is 8.17. The Bertz CT molecular complexity index is 379. The fourth-order valence-electron chi connectivity index (χ4n) is 3.58. The molecule has 21 heavy (non-hydrogen) atoms. The van der Waals surface area contributed by atoms with Crippen molar-refractivity contribution in [1.29, 1.82) is 0 Å². The van der Waals surface area contributed by atoms with Gasteiger partial charge in [0.05, 0.1) is 0 Å². The third-order valence-electron chi connectivity index (χ3n) is 4.59. The van der Waals surface area contributed by atoms with E-state index in [2.05, 4.69) is 65.2 Å². The van der Waals surface area contributed by atoms with E-state index in [9.17, 15) is 0 Å². The Kier molecular flexibility index (Phi) is 7.19. The quantitative estimate of drug-likeness (QED) is 0.408. The third kappa shape index (κ3) is 4.45. The molecule has 0 aromatic rings. The van der Waals surface area contributed by atoms with Gasteiger partial charge in [-0.1, -0.05) is 53.5 Å². The lowest BCUT2D eigenvalue weighted by Crippen LogP contribution is -2.43. The van der Waals surface area contributed by atoms with Gasteiger partial charge in [0, 0.05) is 13.0 Å². The maximum atomic E-state index is 5.90. The Labute approximate surface area is 132 Å². The zero-order valence-corrected chi connectivity index (χ0v) is 15.8. The number of rotatable bonds is 5. The molecule has 1 rings (SSSR count). The Hall–Kier alpha value is -0.563. The standard InChI is InChI=1S/C18H32O2Si/c1-8-19-18-11-9-10-17(20-18)12-13-21(14(2)3,15(4)5)16(6)7/h9-10,14-18H,8,11H2,1-7H3/t17-,18-/m0/s1. The zero-order chi connectivity index (χ0) is 16.0. The summed E-state index contributed by atoms with van der Waals surface area (Å²) in [6.07, 6.45) is 4.79. The summed E-state index contributed by atoms with van der Waals surface area (Å²) in [5.74, 6) is 3.42. The predicted molar refractivity (Wildman–Crippen MR) is 92.9 cm³/mol. The smallest absolute Gasteiger partial charge is 0.163 e. The van der Waals surface area contributed by atoms with Gasteiger partial charge >= 0.3 is 0 Å². The van der Waals surface area contributed by atoms with Crippen LogP contribution in [0.3, 0.4) is 0 Å². The number of ether oxygens (including phenoxy) is 2. The fourth-order valence-corrected chi connectivity index (χ4v) is 8.84. The molecule has 0 aliphatic carbocycles. The Morgan fingerprint density at radius 1 is 1.14 bits per heavy atom. The maximum absolute atomic E-state index is 5.90. The molecule has 1 aliphatic heterocycles. The van der Waals surface area contributed by atoms with Crippen LogP contribution in [0.5, 0.6) is 0 Å². The highest BCUT2D eigenvalue weighted by Crippen LogP contribution is 2.40. The molecule has 0 saturated heterocycles. The van der Waals surface area contributed by atoms with Crippen LogP contribution >= 0.6 is 0 Å². The maximum Gasteiger partial charge on any atom is 0.163 e. The van der Waals surface area contributed by atoms with Crippen LogP contribution in [0.4, 0.5) is 0 Å². The molecule has 0 aromatic carbocycles. The highest BCUT2D eigenvalue weighted by Gasteiger charge is 2.41. The van der Waals surface area contributed by atoms with Gasteiger partial charge in [-0.15, -0.1) is 5.54 Å². The van der Waals surface area contributed by atoms with Crippen LogP contribution < -0.4 is 0 Å². The lowest BCUT2D eigenvalue weighted by molar-refractivity contribution is -0.148. The normalized spacial score (nSPS) is 22.8. The van der Waals surface area contributed by atoms with Crippen molar-refractivity contribution in [2.75, 3.05) is 6.61 Å². The van der Waals surface area contributed by atoms with E-state index in [-0.39, 0.29) is 12.4 Å². The molecule has 0 aromatic heterocycles. The van der Waals surface area contributed by atoms with E-state index in [1.54, 1.807) is 0 Å². The van der Waals surface area contributed by atoms with Gasteiger partial charge in [-0.05, 0) is 29.6 Å². The molecule has 1 aliphatic rings. The van der Waals surface area contributed by atoms with Gasteiger partial charge in [-0.3, -0.25) is 0 Å². The summed E-state index contributed by atoms with van der Waals surface area (Å²) in [6, 6.07) is 0. The van der Waals surface area contributed by atoms with Gasteiger partial charge in [0.1, 0.15) is 14.2 Å². The van der Waals surface area contributed by atoms with Gasteiger partial charge in [-0.2, -0.15) is 0 Å². The van der Waals surface area contributed by atoms with Crippen molar-refractivity contribution in [1.82, 2.24) is 0 Å². The topological polar surface area (TPSA) is 18.5 Å². The minimum absolute atomic E-state index is 0.113. The van der Waals surface area contributed by atoms with Crippen LogP contribution in [0, 0.1) is 11.5 Å². The van der Waals surface area contributed by atoms with Crippen LogP contribution in [-0.4, -0.2) is 27.1 Å². The lowest BCUT2D eigenvalue weighted by Gasteiger charge is -2.38. The van der Waals surface area contributed by atoms with Crippen LogP contribution in [0.25, 0.3) is 0 Å². The highest BCUT2D eigenvalue weighted by atomic mass is 28.3. The molecule has 120 valence electrons. The van der Waals surface area contributed by atoms with Crippen LogP contribution in [0.1, 0.15) is 54.9 Å². The van der Waals surface area contributed by atoms with E-state index < -0.39 is 8.07 Å². The van der Waals surface area contributed by atoms with Gasteiger partial charge < -0.3 is 9.47 Å². The summed E-state index contributed by atoms with van der Waals surface area (Å²) in [7, 11) is -1.67. The van der Waals surface area contributed by atoms with E-state index in [0.717, 1.165) is 6.42 Å². The molecule has 1 heterocycles. The van der Waals surface area contributed by atoms with Crippen molar-refractivity contribution in [3.63, 3.8) is 0 Å². The monoisotopic (exact) mass is 308 g/mol. The minimum atomic E-state index is -1.67. The molecular weight excluding hydrogens is 276 g/mol. The average Bonchev–Trinajstić information content (AvgIpc) is 2.39. The molecule has 0 radical (unpaired) electrons. The van der Waals surface area contributed by atoms with Crippen LogP contribution in [0.15, 0.2) is 12.2 Å². The van der Waals surface area contributed by atoms with Gasteiger partial charge in [0.15, 0.2) is 6.29 Å². The molecule has 3 heteroatoms. The van der Waals surface area contributed by atoms with Crippen molar-refractivity contribution in [3.05, 3.63) is 12.2 Å². The predicted octanol–water partition coefficient (Wildman–Crippen LogP) is 4.92. The molecule has 2 nitrogen and oxygen atoms in total. The second-order valence-corrected chi connectivity index (χ2v) is 12.4. The van der Waals surface area contributed by atoms with Gasteiger partial charge in [0.25, 0.3) is 0 Å². The molecule has 0 N–H and O–H groups in total. The summed E-state index contributed by atoms with van der Waals surface area (Å²) < 4.78 is 11.5. The lowest BCUT2D eigenvalue weighted by atomic mass is 10.2. The molecular formula is C18H32O2Si. The number of hydrogen-bond acceptors (Lipinski definition) is 2. The second-order valence-electron chi connectivity index (χ2n) is 6.77. The van der Waals surface area contributed by atoms with Gasteiger partial charge in [-0.25, -0.2) is 0 Å². The first kappa shape index (κ1) is 18.5. The van der Waals surface area contributed by atoms with Crippen molar-refractivity contribution < 1.29 is 9.47 Å². The molecule has 0 spiro atoms. The molecule has 2 atom stereocenters. The Morgan fingerprint density at radius 2 is 1.71 bits per heavy atom. The first-order valence-corrected chi connectivity index (χ1v) is 10.5. The molecule has 0 fully saturated rings. The SMILES string of the molecule is CCO[C@@H]1CC=C[C@@H](C#C[Si](C(C)C)(C(C)C)C(C)C)O1. The van der Waals surface area contributed by atoms with E-state index in [1.165, 1.54) is 0 Å². The fraction of sp³-hybridized carbons (Fsp3) is 0.778. The van der Waals surface area contributed by atoms with E-state index in [0.29, 0.717) is 23.2 Å². The van der Waals surface area contributed by atoms with Crippen LogP contribution in [0.2, 0.25) is 16.6 Å². The largest absolute Gasteiger partial charge is 0.353 e. The summed E-state index contributed by atoms with van der Waals surface area (Å²) >= 11 is 0. The Balaban J connectivity index is 2.95. The van der Waals surface area contributed by atoms with Crippen molar-refractivity contribution in [2.45, 2.75) is 83.9 Å². The van der Waals surface area contributed by atoms with Crippen molar-refractivity contribution in [3.8, 4) is 11.5 Å². The molecule has 0 bridgehead atoms. The highest BCUT2D eigenvalue weighted by molar-refractivity contribution is 6.90. The summed E-state index contributed by atoms with van der Waals surface area (Å²) in [6.45, 7) is 16.7. The van der Waals surface area contributed by atoms with E-state index in [1.807, 2.05) is 6.92 Å². The third-order valence-corrected chi connectivity index (χ3v) is 10.9. The average molecular weight is 309 g/mol. The van der Waals surface area contributed by atoms with Crippen LogP contribution in [-0.2, 0) is 9.47 Å². The summed E-state index contributed by atoms with van der Waals surface area (Å²) in [5, 5.41) is 0.